The highest BCUT2D eigenvalue weighted by molar-refractivity contribution is 5.56. The Balaban J connectivity index is 2.25. The van der Waals surface area contributed by atoms with Crippen LogP contribution in [0.4, 0.5) is 13.2 Å². The van der Waals surface area contributed by atoms with Gasteiger partial charge in [0.15, 0.2) is 0 Å². The summed E-state index contributed by atoms with van der Waals surface area (Å²) in [5.74, 6) is -1.21. The fourth-order valence-electron chi connectivity index (χ4n) is 1.41. The van der Waals surface area contributed by atoms with E-state index in [1.807, 2.05) is 0 Å². The van der Waals surface area contributed by atoms with Crippen molar-refractivity contribution >= 4 is 6.41 Å². The van der Waals surface area contributed by atoms with Crippen LogP contribution in [0.25, 0.3) is 11.3 Å². The van der Waals surface area contributed by atoms with Gasteiger partial charge in [-0.05, 0) is 6.07 Å². The maximum Gasteiger partial charge on any atom is 0.451 e. The van der Waals surface area contributed by atoms with Gasteiger partial charge in [0.25, 0.3) is 0 Å². The highest BCUT2D eigenvalue weighted by atomic mass is 19.4. The quantitative estimate of drug-likeness (QED) is 0.853. The summed E-state index contributed by atoms with van der Waals surface area (Å²) >= 11 is 0. The van der Waals surface area contributed by atoms with Crippen LogP contribution < -0.4 is 5.32 Å². The Morgan fingerprint density at radius 1 is 1.15 bits per heavy atom. The number of hydrogen-bond donors (Lipinski definition) is 1. The molecule has 0 unspecified atom stereocenters. The van der Waals surface area contributed by atoms with Crippen molar-refractivity contribution in [2.75, 3.05) is 0 Å². The van der Waals surface area contributed by atoms with Crippen LogP contribution in [0.2, 0.25) is 0 Å². The summed E-state index contributed by atoms with van der Waals surface area (Å²) in [6, 6.07) is 1.53. The standard InChI is InChI=1S/C11H8F3N5O/c12-11(13,14)10-16-2-7(3-17-10)9-1-8(4-15-6-20)18-5-19-9/h1-3,5-6H,4H2,(H,15,20). The van der Waals surface area contributed by atoms with Gasteiger partial charge in [-0.1, -0.05) is 0 Å². The topological polar surface area (TPSA) is 80.7 Å². The van der Waals surface area contributed by atoms with E-state index in [4.69, 9.17) is 0 Å². The van der Waals surface area contributed by atoms with Crippen LogP contribution in [0.3, 0.4) is 0 Å². The van der Waals surface area contributed by atoms with E-state index < -0.39 is 12.0 Å². The highest BCUT2D eigenvalue weighted by Crippen LogP contribution is 2.26. The first-order valence-electron chi connectivity index (χ1n) is 5.38. The number of carbonyl (C=O) groups is 1. The molecule has 1 N–H and O–H groups in total. The maximum absolute atomic E-state index is 12.3. The van der Waals surface area contributed by atoms with E-state index in [-0.39, 0.29) is 6.54 Å². The van der Waals surface area contributed by atoms with E-state index in [2.05, 4.69) is 25.3 Å². The van der Waals surface area contributed by atoms with Gasteiger partial charge in [-0.2, -0.15) is 13.2 Å². The van der Waals surface area contributed by atoms with E-state index in [9.17, 15) is 18.0 Å². The summed E-state index contributed by atoms with van der Waals surface area (Å²) in [5.41, 5.74) is 1.21. The molecule has 0 aliphatic rings. The number of nitrogens with one attached hydrogen (secondary N) is 1. The Morgan fingerprint density at radius 3 is 2.45 bits per heavy atom. The van der Waals surface area contributed by atoms with Gasteiger partial charge >= 0.3 is 6.18 Å². The molecule has 0 aliphatic heterocycles. The van der Waals surface area contributed by atoms with Gasteiger partial charge in [-0.15, -0.1) is 0 Å². The molecule has 2 heterocycles. The van der Waals surface area contributed by atoms with Gasteiger partial charge in [0, 0.05) is 18.0 Å². The molecule has 0 aliphatic carbocycles. The molecule has 0 fully saturated rings. The van der Waals surface area contributed by atoms with Crippen LogP contribution in [0.1, 0.15) is 11.5 Å². The minimum Gasteiger partial charge on any atom is -0.353 e. The van der Waals surface area contributed by atoms with Crippen LogP contribution in [-0.2, 0) is 17.5 Å². The Morgan fingerprint density at radius 2 is 1.85 bits per heavy atom. The zero-order valence-corrected chi connectivity index (χ0v) is 9.92. The zero-order valence-electron chi connectivity index (χ0n) is 9.92. The molecule has 2 aromatic heterocycles. The number of rotatable bonds is 4. The lowest BCUT2D eigenvalue weighted by molar-refractivity contribution is -0.145. The largest absolute Gasteiger partial charge is 0.451 e. The smallest absolute Gasteiger partial charge is 0.353 e. The molecular weight excluding hydrogens is 275 g/mol. The molecule has 0 radical (unpaired) electrons. The molecule has 0 bridgehead atoms. The lowest BCUT2D eigenvalue weighted by Crippen LogP contribution is -2.12. The third kappa shape index (κ3) is 3.25. The van der Waals surface area contributed by atoms with Crippen LogP contribution in [-0.4, -0.2) is 26.3 Å². The molecule has 0 aromatic carbocycles. The van der Waals surface area contributed by atoms with Crippen LogP contribution >= 0.6 is 0 Å². The summed E-state index contributed by atoms with van der Waals surface area (Å²) in [5, 5.41) is 2.42. The normalized spacial score (nSPS) is 11.2. The molecule has 0 saturated heterocycles. The molecule has 6 nitrogen and oxygen atoms in total. The SMILES string of the molecule is O=CNCc1cc(-c2cnc(C(F)(F)F)nc2)ncn1. The Bertz CT molecular complexity index is 600. The van der Waals surface area contributed by atoms with E-state index in [0.717, 1.165) is 12.4 Å². The molecule has 20 heavy (non-hydrogen) atoms. The Kier molecular flexibility index (Phi) is 3.87. The highest BCUT2D eigenvalue weighted by Gasteiger charge is 2.34. The second-order valence-corrected chi connectivity index (χ2v) is 3.69. The third-order valence-electron chi connectivity index (χ3n) is 2.29. The average molecular weight is 283 g/mol. The molecule has 104 valence electrons. The van der Waals surface area contributed by atoms with Gasteiger partial charge < -0.3 is 5.32 Å². The van der Waals surface area contributed by atoms with Crippen molar-refractivity contribution in [3.8, 4) is 11.3 Å². The maximum atomic E-state index is 12.3. The molecule has 1 amide bonds. The molecule has 0 saturated carbocycles. The van der Waals surface area contributed by atoms with Gasteiger partial charge in [-0.25, -0.2) is 19.9 Å². The van der Waals surface area contributed by atoms with E-state index in [1.54, 1.807) is 0 Å². The van der Waals surface area contributed by atoms with Crippen molar-refractivity contribution in [2.45, 2.75) is 12.7 Å². The third-order valence-corrected chi connectivity index (χ3v) is 2.29. The number of nitrogens with zero attached hydrogens (tertiary/aromatic N) is 4. The molecule has 0 atom stereocenters. The lowest BCUT2D eigenvalue weighted by Gasteiger charge is -2.06. The molecular formula is C11H8F3N5O. The van der Waals surface area contributed by atoms with Gasteiger partial charge in [0.1, 0.15) is 6.33 Å². The van der Waals surface area contributed by atoms with Crippen LogP contribution in [0.5, 0.6) is 0 Å². The second-order valence-electron chi connectivity index (χ2n) is 3.69. The van der Waals surface area contributed by atoms with E-state index >= 15 is 0 Å². The monoisotopic (exact) mass is 283 g/mol. The summed E-state index contributed by atoms with van der Waals surface area (Å²) < 4.78 is 37.0. The predicted octanol–water partition coefficient (Wildman–Crippen LogP) is 1.20. The number of carbonyl (C=O) groups excluding carboxylic acids is 1. The van der Waals surface area contributed by atoms with E-state index in [0.29, 0.717) is 23.4 Å². The Hall–Kier alpha value is -2.58. The van der Waals surface area contributed by atoms with E-state index in [1.165, 1.54) is 12.4 Å². The number of alkyl halides is 3. The van der Waals surface area contributed by atoms with Gasteiger partial charge in [0.05, 0.1) is 17.9 Å². The summed E-state index contributed by atoms with van der Waals surface area (Å²) in [6.45, 7) is 0.195. The number of hydrogen-bond acceptors (Lipinski definition) is 5. The van der Waals surface area contributed by atoms with Crippen LogP contribution in [0.15, 0.2) is 24.8 Å². The fraction of sp³-hybridized carbons (Fsp3) is 0.182. The van der Waals surface area contributed by atoms with Crippen molar-refractivity contribution < 1.29 is 18.0 Å². The number of aromatic nitrogens is 4. The Labute approximate surface area is 111 Å². The molecule has 9 heteroatoms. The number of halogens is 3. The minimum atomic E-state index is -4.58. The van der Waals surface area contributed by atoms with Crippen molar-refractivity contribution in [3.05, 3.63) is 36.3 Å². The first-order valence-corrected chi connectivity index (χ1v) is 5.38. The fourth-order valence-corrected chi connectivity index (χ4v) is 1.41. The van der Waals surface area contributed by atoms with Crippen molar-refractivity contribution in [3.63, 3.8) is 0 Å². The average Bonchev–Trinajstić information content (AvgIpc) is 2.45. The molecule has 2 rings (SSSR count). The van der Waals surface area contributed by atoms with Crippen molar-refractivity contribution in [1.29, 1.82) is 0 Å². The second kappa shape index (κ2) is 5.59. The number of amides is 1. The van der Waals surface area contributed by atoms with Crippen molar-refractivity contribution in [2.24, 2.45) is 0 Å². The summed E-state index contributed by atoms with van der Waals surface area (Å²) in [6.07, 6.45) is -0.745. The molecule has 2 aromatic rings. The zero-order chi connectivity index (χ0) is 14.6. The lowest BCUT2D eigenvalue weighted by atomic mass is 10.2. The predicted molar refractivity (Wildman–Crippen MR) is 61.0 cm³/mol. The minimum absolute atomic E-state index is 0.195. The molecule has 0 spiro atoms. The summed E-state index contributed by atoms with van der Waals surface area (Å²) in [4.78, 5) is 24.5. The van der Waals surface area contributed by atoms with Crippen LogP contribution in [0, 0.1) is 0 Å². The van der Waals surface area contributed by atoms with Gasteiger partial charge in [0.2, 0.25) is 12.2 Å². The summed E-state index contributed by atoms with van der Waals surface area (Å²) in [7, 11) is 0. The first kappa shape index (κ1) is 13.8. The van der Waals surface area contributed by atoms with Crippen molar-refractivity contribution in [1.82, 2.24) is 25.3 Å². The first-order chi connectivity index (χ1) is 9.50. The van der Waals surface area contributed by atoms with Gasteiger partial charge in [-0.3, -0.25) is 4.79 Å².